The van der Waals surface area contributed by atoms with Gasteiger partial charge in [0.05, 0.1) is 6.04 Å². The van der Waals surface area contributed by atoms with E-state index in [1.54, 1.807) is 35.8 Å². The van der Waals surface area contributed by atoms with Crippen LogP contribution in [0.4, 0.5) is 0 Å². The summed E-state index contributed by atoms with van der Waals surface area (Å²) in [6, 6.07) is 7.03. The molecule has 0 aromatic heterocycles. The van der Waals surface area contributed by atoms with Gasteiger partial charge in [-0.1, -0.05) is 18.2 Å². The highest BCUT2D eigenvalue weighted by molar-refractivity contribution is 7.98. The molecule has 0 radical (unpaired) electrons. The lowest BCUT2D eigenvalue weighted by Crippen LogP contribution is -2.29. The molecule has 1 amide bonds. The fourth-order valence-corrected chi connectivity index (χ4v) is 2.01. The van der Waals surface area contributed by atoms with E-state index in [2.05, 4.69) is 0 Å². The first-order chi connectivity index (χ1) is 8.07. The lowest BCUT2D eigenvalue weighted by atomic mass is 10.1. The van der Waals surface area contributed by atoms with Gasteiger partial charge in [0.25, 0.3) is 0 Å². The number of carbonyl (C=O) groups is 1. The minimum Gasteiger partial charge on any atom is -0.508 e. The number of nitrogens with zero attached hydrogens (tertiary/aromatic N) is 1. The van der Waals surface area contributed by atoms with Crippen molar-refractivity contribution in [3.05, 3.63) is 29.8 Å². The Kier molecular flexibility index (Phi) is 5.35. The summed E-state index contributed by atoms with van der Waals surface area (Å²) in [5, 5.41) is 9.75. The molecule has 1 aromatic carbocycles. The van der Waals surface area contributed by atoms with Crippen molar-refractivity contribution in [2.75, 3.05) is 19.1 Å². The largest absolute Gasteiger partial charge is 0.508 e. The second kappa shape index (κ2) is 6.55. The van der Waals surface area contributed by atoms with Crippen molar-refractivity contribution in [1.82, 2.24) is 4.90 Å². The Hall–Kier alpha value is -1.16. The maximum Gasteiger partial charge on any atom is 0.223 e. The number of aromatic hydroxyl groups is 1. The van der Waals surface area contributed by atoms with Crippen LogP contribution in [0.1, 0.15) is 24.9 Å². The molecule has 3 nitrogen and oxygen atoms in total. The van der Waals surface area contributed by atoms with Crippen molar-refractivity contribution in [2.24, 2.45) is 0 Å². The van der Waals surface area contributed by atoms with Crippen molar-refractivity contribution < 1.29 is 9.90 Å². The molecule has 1 aromatic rings. The summed E-state index contributed by atoms with van der Waals surface area (Å²) in [5.74, 6) is 1.18. The fraction of sp³-hybridized carbons (Fsp3) is 0.462. The van der Waals surface area contributed by atoms with Gasteiger partial charge in [-0.25, -0.2) is 0 Å². The molecular weight excluding hydrogens is 234 g/mol. The van der Waals surface area contributed by atoms with Gasteiger partial charge >= 0.3 is 0 Å². The first-order valence-corrected chi connectivity index (χ1v) is 6.99. The Morgan fingerprint density at radius 2 is 2.12 bits per heavy atom. The molecule has 0 aliphatic carbocycles. The lowest BCUT2D eigenvalue weighted by molar-refractivity contribution is -0.131. The van der Waals surface area contributed by atoms with Crippen LogP contribution in [0.2, 0.25) is 0 Å². The van der Waals surface area contributed by atoms with E-state index >= 15 is 0 Å². The topological polar surface area (TPSA) is 40.5 Å². The van der Waals surface area contributed by atoms with Gasteiger partial charge in [-0.3, -0.25) is 4.79 Å². The van der Waals surface area contributed by atoms with Crippen LogP contribution < -0.4 is 0 Å². The fourth-order valence-electron chi connectivity index (χ4n) is 1.63. The zero-order chi connectivity index (χ0) is 12.8. The monoisotopic (exact) mass is 253 g/mol. The number of rotatable bonds is 5. The van der Waals surface area contributed by atoms with Crippen LogP contribution in [0.5, 0.6) is 5.75 Å². The summed E-state index contributed by atoms with van der Waals surface area (Å²) in [6.07, 6.45) is 2.52. The van der Waals surface area contributed by atoms with E-state index in [1.807, 2.05) is 25.3 Å². The van der Waals surface area contributed by atoms with E-state index in [4.69, 9.17) is 0 Å². The van der Waals surface area contributed by atoms with E-state index in [0.29, 0.717) is 6.42 Å². The highest BCUT2D eigenvalue weighted by atomic mass is 32.2. The highest BCUT2D eigenvalue weighted by Gasteiger charge is 2.18. The van der Waals surface area contributed by atoms with E-state index < -0.39 is 0 Å². The minimum absolute atomic E-state index is 0.106. The highest BCUT2D eigenvalue weighted by Crippen LogP contribution is 2.27. The Bertz CT molecular complexity index is 381. The van der Waals surface area contributed by atoms with E-state index in [1.165, 1.54) is 0 Å². The van der Waals surface area contributed by atoms with Crippen LogP contribution in [0.25, 0.3) is 0 Å². The molecule has 17 heavy (non-hydrogen) atoms. The standard InChI is InChI=1S/C13H19NO2S/c1-10(11-6-4-5-7-12(11)15)14(2)13(16)8-9-17-3/h4-7,10,15H,8-9H2,1-3H3. The zero-order valence-corrected chi connectivity index (χ0v) is 11.3. The van der Waals surface area contributed by atoms with E-state index in [-0.39, 0.29) is 17.7 Å². The van der Waals surface area contributed by atoms with Gasteiger partial charge < -0.3 is 10.0 Å². The number of hydrogen-bond acceptors (Lipinski definition) is 3. The average Bonchev–Trinajstić information content (AvgIpc) is 2.34. The zero-order valence-electron chi connectivity index (χ0n) is 10.5. The predicted molar refractivity (Wildman–Crippen MR) is 72.3 cm³/mol. The Balaban J connectivity index is 2.72. The summed E-state index contributed by atoms with van der Waals surface area (Å²) in [7, 11) is 1.78. The van der Waals surface area contributed by atoms with Gasteiger partial charge in [0.1, 0.15) is 5.75 Å². The molecule has 0 saturated carbocycles. The van der Waals surface area contributed by atoms with Gasteiger partial charge in [-0.2, -0.15) is 11.8 Å². The van der Waals surface area contributed by atoms with Crippen molar-refractivity contribution in [3.63, 3.8) is 0 Å². The van der Waals surface area contributed by atoms with Crippen LogP contribution in [-0.4, -0.2) is 35.0 Å². The number of amides is 1. The van der Waals surface area contributed by atoms with Gasteiger partial charge in [0.2, 0.25) is 5.91 Å². The molecule has 0 aliphatic heterocycles. The summed E-state index contributed by atoms with van der Waals surface area (Å²) < 4.78 is 0. The van der Waals surface area contributed by atoms with Gasteiger partial charge in [-0.15, -0.1) is 0 Å². The first kappa shape index (κ1) is 13.9. The van der Waals surface area contributed by atoms with Crippen molar-refractivity contribution >= 4 is 17.7 Å². The second-order valence-electron chi connectivity index (χ2n) is 3.98. The summed E-state index contributed by atoms with van der Waals surface area (Å²) in [4.78, 5) is 13.5. The summed E-state index contributed by atoms with van der Waals surface area (Å²) in [6.45, 7) is 1.92. The molecular formula is C13H19NO2S. The van der Waals surface area contributed by atoms with Crippen LogP contribution >= 0.6 is 11.8 Å². The first-order valence-electron chi connectivity index (χ1n) is 5.60. The average molecular weight is 253 g/mol. The van der Waals surface area contributed by atoms with Gasteiger partial charge in [0.15, 0.2) is 0 Å². The summed E-state index contributed by atoms with van der Waals surface area (Å²) in [5.41, 5.74) is 0.785. The normalized spacial score (nSPS) is 12.2. The second-order valence-corrected chi connectivity index (χ2v) is 4.97. The molecule has 0 bridgehead atoms. The number of carbonyl (C=O) groups excluding carboxylic acids is 1. The maximum atomic E-state index is 11.9. The Morgan fingerprint density at radius 3 is 2.71 bits per heavy atom. The van der Waals surface area contributed by atoms with Crippen LogP contribution in [0, 0.1) is 0 Å². The van der Waals surface area contributed by atoms with Crippen molar-refractivity contribution in [2.45, 2.75) is 19.4 Å². The van der Waals surface area contributed by atoms with Crippen LogP contribution in [0.15, 0.2) is 24.3 Å². The predicted octanol–water partition coefficient (Wildman–Crippen LogP) is 2.66. The van der Waals surface area contributed by atoms with Crippen molar-refractivity contribution in [3.8, 4) is 5.75 Å². The maximum absolute atomic E-state index is 11.9. The molecule has 1 atom stereocenters. The van der Waals surface area contributed by atoms with Crippen LogP contribution in [-0.2, 0) is 4.79 Å². The van der Waals surface area contributed by atoms with E-state index in [9.17, 15) is 9.90 Å². The third-order valence-corrected chi connectivity index (χ3v) is 3.49. The third kappa shape index (κ3) is 3.66. The lowest BCUT2D eigenvalue weighted by Gasteiger charge is -2.25. The van der Waals surface area contributed by atoms with Crippen molar-refractivity contribution in [1.29, 1.82) is 0 Å². The minimum atomic E-state index is -0.106. The molecule has 1 unspecified atom stereocenters. The molecule has 94 valence electrons. The number of hydrogen-bond donors (Lipinski definition) is 1. The van der Waals surface area contributed by atoms with Crippen LogP contribution in [0.3, 0.4) is 0 Å². The number of para-hydroxylation sites is 1. The number of thioether (sulfide) groups is 1. The van der Waals surface area contributed by atoms with E-state index in [0.717, 1.165) is 11.3 Å². The Morgan fingerprint density at radius 1 is 1.47 bits per heavy atom. The molecule has 0 saturated heterocycles. The molecule has 0 spiro atoms. The van der Waals surface area contributed by atoms with Gasteiger partial charge in [0, 0.05) is 24.8 Å². The number of phenols is 1. The molecule has 1 rings (SSSR count). The smallest absolute Gasteiger partial charge is 0.223 e. The van der Waals surface area contributed by atoms with Gasteiger partial charge in [-0.05, 0) is 19.2 Å². The molecule has 1 N–H and O–H groups in total. The number of benzene rings is 1. The summed E-state index contributed by atoms with van der Waals surface area (Å²) >= 11 is 1.66. The molecule has 4 heteroatoms. The molecule has 0 aliphatic rings. The number of phenolic OH excluding ortho intramolecular Hbond substituents is 1. The third-order valence-electron chi connectivity index (χ3n) is 2.88. The molecule has 0 heterocycles. The SMILES string of the molecule is CSCCC(=O)N(C)C(C)c1ccccc1O. The quantitative estimate of drug-likeness (QED) is 0.877. The Labute approximate surface area is 107 Å². The molecule has 0 fully saturated rings.